The summed E-state index contributed by atoms with van der Waals surface area (Å²) in [5.74, 6) is -2.34. The smallest absolute Gasteiger partial charge is 0.352 e. The molecule has 0 bridgehead atoms. The van der Waals surface area contributed by atoms with Crippen molar-refractivity contribution in [1.82, 2.24) is 4.90 Å². The second-order valence-electron chi connectivity index (χ2n) is 3.48. The zero-order valence-electron chi connectivity index (χ0n) is 8.28. The molecular formula is C8H9NO6S. The maximum absolute atomic E-state index is 11.6. The number of carbonyl (C=O) groups is 2. The number of aliphatic carboxylic acids is 1. The van der Waals surface area contributed by atoms with Crippen molar-refractivity contribution in [3.8, 4) is 0 Å². The van der Waals surface area contributed by atoms with E-state index in [9.17, 15) is 18.0 Å². The van der Waals surface area contributed by atoms with Crippen molar-refractivity contribution >= 4 is 21.7 Å². The molecule has 0 saturated carbocycles. The van der Waals surface area contributed by atoms with Crippen molar-refractivity contribution in [2.45, 2.75) is 11.5 Å². The van der Waals surface area contributed by atoms with E-state index in [2.05, 4.69) is 0 Å². The molecule has 1 N–H and O–H groups in total. The van der Waals surface area contributed by atoms with Crippen molar-refractivity contribution in [2.75, 3.05) is 12.9 Å². The average Bonchev–Trinajstić information content (AvgIpc) is 2.18. The molecule has 0 aliphatic carbocycles. The Morgan fingerprint density at radius 3 is 2.75 bits per heavy atom. The van der Waals surface area contributed by atoms with Gasteiger partial charge in [-0.25, -0.2) is 13.2 Å². The summed E-state index contributed by atoms with van der Waals surface area (Å²) in [6.07, 6.45) is -0.0640. The summed E-state index contributed by atoms with van der Waals surface area (Å²) in [7, 11) is -2.33. The van der Waals surface area contributed by atoms with Gasteiger partial charge in [0.05, 0.1) is 5.75 Å². The van der Waals surface area contributed by atoms with Crippen LogP contribution in [0, 0.1) is 0 Å². The monoisotopic (exact) mass is 247 g/mol. The lowest BCUT2D eigenvalue weighted by atomic mass is 10.1. The van der Waals surface area contributed by atoms with Crippen LogP contribution in [0.2, 0.25) is 0 Å². The SMILES string of the molecule is COC1C(=O)N2C(C(=O)O)=CCS(=O)(=O)[C@@H]12. The number of carboxylic acids is 1. The predicted octanol–water partition coefficient (Wildman–Crippen LogP) is -1.43. The minimum atomic E-state index is -3.54. The lowest BCUT2D eigenvalue weighted by Crippen LogP contribution is -2.69. The number of methoxy groups -OCH3 is 1. The lowest BCUT2D eigenvalue weighted by molar-refractivity contribution is -0.162. The molecule has 1 unspecified atom stereocenters. The predicted molar refractivity (Wildman–Crippen MR) is 50.9 cm³/mol. The van der Waals surface area contributed by atoms with Crippen LogP contribution in [0.3, 0.4) is 0 Å². The van der Waals surface area contributed by atoms with Gasteiger partial charge in [0.1, 0.15) is 5.70 Å². The maximum atomic E-state index is 11.6. The fraction of sp³-hybridized carbons (Fsp3) is 0.500. The number of rotatable bonds is 2. The van der Waals surface area contributed by atoms with Crippen molar-refractivity contribution in [3.63, 3.8) is 0 Å². The molecule has 0 aromatic carbocycles. The van der Waals surface area contributed by atoms with E-state index >= 15 is 0 Å². The van der Waals surface area contributed by atoms with Gasteiger partial charge in [-0.05, 0) is 6.08 Å². The zero-order chi connectivity index (χ0) is 12.1. The Hall–Kier alpha value is -1.41. The van der Waals surface area contributed by atoms with Crippen molar-refractivity contribution < 1.29 is 27.9 Å². The molecule has 16 heavy (non-hydrogen) atoms. The molecule has 1 saturated heterocycles. The number of hydrogen-bond donors (Lipinski definition) is 1. The molecule has 7 nitrogen and oxygen atoms in total. The number of nitrogens with zero attached hydrogens (tertiary/aromatic N) is 1. The Morgan fingerprint density at radius 1 is 1.62 bits per heavy atom. The summed E-state index contributed by atoms with van der Waals surface area (Å²) in [6.45, 7) is 0. The van der Waals surface area contributed by atoms with Crippen LogP contribution in [-0.4, -0.2) is 54.6 Å². The third kappa shape index (κ3) is 1.26. The minimum Gasteiger partial charge on any atom is -0.477 e. The average molecular weight is 247 g/mol. The number of carbonyl (C=O) groups excluding carboxylic acids is 1. The van der Waals surface area contributed by atoms with Crippen LogP contribution in [0.4, 0.5) is 0 Å². The summed E-state index contributed by atoms with van der Waals surface area (Å²) < 4.78 is 28.0. The first-order valence-corrected chi connectivity index (χ1v) is 6.12. The van der Waals surface area contributed by atoms with Crippen LogP contribution in [0.25, 0.3) is 0 Å². The lowest BCUT2D eigenvalue weighted by Gasteiger charge is -2.46. The molecule has 0 aromatic heterocycles. The zero-order valence-corrected chi connectivity index (χ0v) is 9.10. The van der Waals surface area contributed by atoms with Gasteiger partial charge in [-0.3, -0.25) is 9.69 Å². The molecule has 0 radical (unpaired) electrons. The fourth-order valence-electron chi connectivity index (χ4n) is 1.84. The summed E-state index contributed by atoms with van der Waals surface area (Å²) in [6, 6.07) is 0. The number of fused-ring (bicyclic) bond motifs is 1. The highest BCUT2D eigenvalue weighted by Gasteiger charge is 2.58. The van der Waals surface area contributed by atoms with Gasteiger partial charge in [0.25, 0.3) is 5.91 Å². The van der Waals surface area contributed by atoms with Gasteiger partial charge in [0.2, 0.25) is 0 Å². The summed E-state index contributed by atoms with van der Waals surface area (Å²) in [5.41, 5.74) is -0.293. The second kappa shape index (κ2) is 3.29. The number of hydrogen-bond acceptors (Lipinski definition) is 5. The van der Waals surface area contributed by atoms with E-state index in [0.717, 1.165) is 11.0 Å². The molecule has 2 rings (SSSR count). The van der Waals surface area contributed by atoms with Gasteiger partial charge >= 0.3 is 5.97 Å². The number of carboxylic acid groups (broad SMARTS) is 1. The Morgan fingerprint density at radius 2 is 2.25 bits per heavy atom. The summed E-state index contributed by atoms with van der Waals surface area (Å²) in [4.78, 5) is 23.0. The van der Waals surface area contributed by atoms with E-state index in [1.807, 2.05) is 0 Å². The van der Waals surface area contributed by atoms with E-state index in [-0.39, 0.29) is 11.4 Å². The van der Waals surface area contributed by atoms with Gasteiger partial charge in [-0.2, -0.15) is 0 Å². The van der Waals surface area contributed by atoms with Crippen LogP contribution >= 0.6 is 0 Å². The van der Waals surface area contributed by atoms with Crippen LogP contribution in [0.1, 0.15) is 0 Å². The van der Waals surface area contributed by atoms with E-state index in [4.69, 9.17) is 9.84 Å². The number of amides is 1. The van der Waals surface area contributed by atoms with E-state index in [1.165, 1.54) is 7.11 Å². The topological polar surface area (TPSA) is 101 Å². The molecular weight excluding hydrogens is 238 g/mol. The summed E-state index contributed by atoms with van der Waals surface area (Å²) in [5, 5.41) is 7.62. The highest BCUT2D eigenvalue weighted by atomic mass is 32.2. The van der Waals surface area contributed by atoms with Crippen LogP contribution in [0.5, 0.6) is 0 Å². The first-order valence-electron chi connectivity index (χ1n) is 4.41. The van der Waals surface area contributed by atoms with E-state index in [1.54, 1.807) is 0 Å². The second-order valence-corrected chi connectivity index (χ2v) is 5.62. The molecule has 2 aliphatic heterocycles. The Labute approximate surface area is 91.2 Å². The van der Waals surface area contributed by atoms with Gasteiger partial charge in [0.15, 0.2) is 21.3 Å². The number of β-lactam (4-membered cyclic amide) rings is 1. The highest BCUT2D eigenvalue weighted by molar-refractivity contribution is 7.92. The molecule has 0 aromatic rings. The normalized spacial score (nSPS) is 31.4. The van der Waals surface area contributed by atoms with Crippen LogP contribution < -0.4 is 0 Å². The van der Waals surface area contributed by atoms with Gasteiger partial charge in [0, 0.05) is 7.11 Å². The highest BCUT2D eigenvalue weighted by Crippen LogP contribution is 2.34. The molecule has 0 spiro atoms. The molecule has 88 valence electrons. The quantitative estimate of drug-likeness (QED) is 0.600. The van der Waals surface area contributed by atoms with Gasteiger partial charge < -0.3 is 9.84 Å². The molecule has 1 amide bonds. The Bertz CT molecular complexity index is 493. The van der Waals surface area contributed by atoms with Gasteiger partial charge in [-0.1, -0.05) is 0 Å². The van der Waals surface area contributed by atoms with Crippen molar-refractivity contribution in [2.24, 2.45) is 0 Å². The third-order valence-electron chi connectivity index (χ3n) is 2.60. The summed E-state index contributed by atoms with van der Waals surface area (Å²) >= 11 is 0. The van der Waals surface area contributed by atoms with Crippen LogP contribution in [0.15, 0.2) is 11.8 Å². The molecule has 1 fully saturated rings. The molecule has 2 heterocycles. The molecule has 2 atom stereocenters. The van der Waals surface area contributed by atoms with Crippen molar-refractivity contribution in [3.05, 3.63) is 11.8 Å². The Kier molecular flexibility index (Phi) is 2.28. The standard InChI is InChI=1S/C8H9NO6S/c1-15-5-6(10)9-4(8(11)12)2-3-16(13,14)7(5)9/h2,5,7H,3H2,1H3,(H,11,12)/t5?,7-/m0/s1. The minimum absolute atomic E-state index is 0.293. The van der Waals surface area contributed by atoms with Gasteiger partial charge in [-0.15, -0.1) is 0 Å². The molecule has 8 heteroatoms. The Balaban J connectivity index is 2.45. The fourth-order valence-corrected chi connectivity index (χ4v) is 3.57. The first-order chi connectivity index (χ1) is 7.40. The first kappa shape index (κ1) is 11.1. The van der Waals surface area contributed by atoms with Crippen molar-refractivity contribution in [1.29, 1.82) is 0 Å². The molecule has 2 aliphatic rings. The number of sulfone groups is 1. The van der Waals surface area contributed by atoms with E-state index < -0.39 is 33.2 Å². The largest absolute Gasteiger partial charge is 0.477 e. The van der Waals surface area contributed by atoms with Crippen LogP contribution in [-0.2, 0) is 24.2 Å². The third-order valence-corrected chi connectivity index (χ3v) is 4.43. The maximum Gasteiger partial charge on any atom is 0.352 e. The van der Waals surface area contributed by atoms with E-state index in [0.29, 0.717) is 0 Å². The number of ether oxygens (including phenoxy) is 1.